The van der Waals surface area contributed by atoms with Crippen LogP contribution in [0.5, 0.6) is 0 Å². The molecule has 1 atom stereocenters. The molecule has 3 heterocycles. The molecule has 6 nitrogen and oxygen atoms in total. The molecule has 0 spiro atoms. The van der Waals surface area contributed by atoms with E-state index in [1.807, 2.05) is 20.0 Å². The lowest BCUT2D eigenvalue weighted by atomic mass is 10.1. The maximum absolute atomic E-state index is 12.3. The van der Waals surface area contributed by atoms with Gasteiger partial charge in [-0.1, -0.05) is 6.92 Å². The van der Waals surface area contributed by atoms with Crippen molar-refractivity contribution in [1.82, 2.24) is 20.2 Å². The van der Waals surface area contributed by atoms with Crippen LogP contribution in [-0.2, 0) is 30.4 Å². The summed E-state index contributed by atoms with van der Waals surface area (Å²) >= 11 is 0. The highest BCUT2D eigenvalue weighted by Crippen LogP contribution is 2.19. The number of carbonyl (C=O) groups excluding carboxylic acids is 1. The third-order valence-corrected chi connectivity index (χ3v) is 5.23. The monoisotopic (exact) mass is 344 g/mol. The Hall–Kier alpha value is -2.12. The van der Waals surface area contributed by atoms with Crippen LogP contribution in [0, 0.1) is 0 Å². The number of aromatic nitrogens is 2. The summed E-state index contributed by atoms with van der Waals surface area (Å²) in [6, 6.07) is 5.49. The number of hydrogen-bond donors (Lipinski definition) is 1. The Morgan fingerprint density at radius 3 is 2.83 bits per heavy atom. The van der Waals surface area contributed by atoms with E-state index in [9.17, 15) is 9.00 Å². The summed E-state index contributed by atoms with van der Waals surface area (Å²) in [6.45, 7) is 3.84. The first-order valence-corrected chi connectivity index (χ1v) is 9.16. The van der Waals surface area contributed by atoms with Gasteiger partial charge in [0.1, 0.15) is 0 Å². The van der Waals surface area contributed by atoms with Gasteiger partial charge in [0.15, 0.2) is 0 Å². The van der Waals surface area contributed by atoms with E-state index in [-0.39, 0.29) is 5.91 Å². The van der Waals surface area contributed by atoms with Crippen molar-refractivity contribution in [2.24, 2.45) is 0 Å². The van der Waals surface area contributed by atoms with E-state index in [1.165, 1.54) is 0 Å². The summed E-state index contributed by atoms with van der Waals surface area (Å²) in [6.07, 6.45) is 3.22. The minimum Gasteiger partial charge on any atom is -0.346 e. The fraction of sp³-hybridized carbons (Fsp3) is 0.353. The first-order valence-electron chi connectivity index (χ1n) is 7.84. The summed E-state index contributed by atoms with van der Waals surface area (Å²) in [5.41, 5.74) is 3.44. The van der Waals surface area contributed by atoms with Crippen LogP contribution < -0.4 is 5.32 Å². The molecule has 0 bridgehead atoms. The maximum Gasteiger partial charge on any atom is 0.253 e. The number of amides is 1. The quantitative estimate of drug-likeness (QED) is 0.889. The number of fused-ring (bicyclic) bond motifs is 1. The van der Waals surface area contributed by atoms with Crippen LogP contribution in [0.4, 0.5) is 0 Å². The Morgan fingerprint density at radius 2 is 2.12 bits per heavy atom. The molecule has 0 fully saturated rings. The van der Waals surface area contributed by atoms with Crippen LogP contribution in [0.1, 0.15) is 34.2 Å². The second-order valence-electron chi connectivity index (χ2n) is 5.80. The number of rotatable bonds is 5. The zero-order valence-electron chi connectivity index (χ0n) is 13.8. The Morgan fingerprint density at radius 1 is 1.29 bits per heavy atom. The molecule has 1 N–H and O–H groups in total. The lowest BCUT2D eigenvalue weighted by molar-refractivity contribution is 0.0950. The van der Waals surface area contributed by atoms with Gasteiger partial charge in [-0.15, -0.1) is 0 Å². The Balaban J connectivity index is 1.62. The molecule has 0 aromatic carbocycles. The van der Waals surface area contributed by atoms with E-state index in [0.717, 1.165) is 30.0 Å². The van der Waals surface area contributed by atoms with Gasteiger partial charge in [0, 0.05) is 31.2 Å². The van der Waals surface area contributed by atoms with Gasteiger partial charge in [-0.25, -0.2) is 0 Å². The van der Waals surface area contributed by atoms with E-state index in [4.69, 9.17) is 0 Å². The highest BCUT2D eigenvalue weighted by Gasteiger charge is 2.18. The van der Waals surface area contributed by atoms with E-state index >= 15 is 0 Å². The van der Waals surface area contributed by atoms with Crippen LogP contribution >= 0.6 is 0 Å². The summed E-state index contributed by atoms with van der Waals surface area (Å²) in [4.78, 5) is 23.8. The molecule has 126 valence electrons. The first kappa shape index (κ1) is 16.7. The van der Waals surface area contributed by atoms with Crippen LogP contribution in [0.3, 0.4) is 0 Å². The van der Waals surface area contributed by atoms with Gasteiger partial charge in [0.05, 0.1) is 39.2 Å². The average molecular weight is 344 g/mol. The molecule has 2 aromatic rings. The van der Waals surface area contributed by atoms with Crippen molar-refractivity contribution in [1.29, 1.82) is 0 Å². The highest BCUT2D eigenvalue weighted by atomic mass is 32.2. The van der Waals surface area contributed by atoms with Crippen molar-refractivity contribution in [2.45, 2.75) is 31.5 Å². The summed E-state index contributed by atoms with van der Waals surface area (Å²) in [5.74, 6) is 0.404. The highest BCUT2D eigenvalue weighted by molar-refractivity contribution is 7.85. The van der Waals surface area contributed by atoms with Crippen molar-refractivity contribution in [3.63, 3.8) is 0 Å². The fourth-order valence-corrected chi connectivity index (χ4v) is 3.36. The van der Waals surface area contributed by atoms with Crippen molar-refractivity contribution in [2.75, 3.05) is 12.8 Å². The molecule has 0 aliphatic carbocycles. The Bertz CT molecular complexity index is 777. The van der Waals surface area contributed by atoms with Gasteiger partial charge in [0.2, 0.25) is 0 Å². The fourth-order valence-electron chi connectivity index (χ4n) is 2.63. The Labute approximate surface area is 143 Å². The first-order chi connectivity index (χ1) is 11.6. The molecule has 1 unspecified atom stereocenters. The molecular weight excluding hydrogens is 324 g/mol. The number of carbonyl (C=O) groups is 1. The molecule has 24 heavy (non-hydrogen) atoms. The molecule has 0 radical (unpaired) electrons. The maximum atomic E-state index is 12.3. The van der Waals surface area contributed by atoms with Gasteiger partial charge in [-0.05, 0) is 30.8 Å². The largest absolute Gasteiger partial charge is 0.346 e. The summed E-state index contributed by atoms with van der Waals surface area (Å²) in [5, 5.41) is 2.85. The minimum atomic E-state index is -1.01. The molecule has 2 aromatic heterocycles. The standard InChI is InChI=1S/C17H20N4O2S/c1-3-24(23)15-5-4-14(18-9-15)8-20-17(22)12-6-13-10-21(2)11-16(13)19-7-12/h4-7,9H,3,8,10-11H2,1-2H3,(H,20,22). The van der Waals surface area contributed by atoms with Crippen molar-refractivity contribution in [3.8, 4) is 0 Å². The van der Waals surface area contributed by atoms with Gasteiger partial charge in [-0.2, -0.15) is 0 Å². The second-order valence-corrected chi connectivity index (χ2v) is 7.54. The molecule has 1 aliphatic rings. The van der Waals surface area contributed by atoms with Crippen LogP contribution in [0.25, 0.3) is 0 Å². The van der Waals surface area contributed by atoms with Crippen molar-refractivity contribution in [3.05, 3.63) is 53.1 Å². The minimum absolute atomic E-state index is 0.164. The lowest BCUT2D eigenvalue weighted by Crippen LogP contribution is -2.23. The molecule has 7 heteroatoms. The number of nitrogens with one attached hydrogen (secondary N) is 1. The average Bonchev–Trinajstić information content (AvgIpc) is 2.98. The molecule has 3 rings (SSSR count). The van der Waals surface area contributed by atoms with Gasteiger partial charge >= 0.3 is 0 Å². The predicted molar refractivity (Wildman–Crippen MR) is 91.8 cm³/mol. The van der Waals surface area contributed by atoms with E-state index in [2.05, 4.69) is 20.2 Å². The molecule has 1 amide bonds. The summed E-state index contributed by atoms with van der Waals surface area (Å²) in [7, 11) is 1.02. The van der Waals surface area contributed by atoms with Crippen molar-refractivity contribution < 1.29 is 9.00 Å². The number of nitrogens with zero attached hydrogens (tertiary/aromatic N) is 3. The van der Waals surface area contributed by atoms with E-state index in [1.54, 1.807) is 24.5 Å². The van der Waals surface area contributed by atoms with E-state index < -0.39 is 10.8 Å². The number of pyridine rings is 2. The smallest absolute Gasteiger partial charge is 0.253 e. The molecule has 1 aliphatic heterocycles. The molecular formula is C17H20N4O2S. The zero-order valence-corrected chi connectivity index (χ0v) is 14.6. The second kappa shape index (κ2) is 7.19. The predicted octanol–water partition coefficient (Wildman–Crippen LogP) is 1.48. The van der Waals surface area contributed by atoms with Crippen LogP contribution in [0.2, 0.25) is 0 Å². The van der Waals surface area contributed by atoms with Gasteiger partial charge < -0.3 is 5.32 Å². The third-order valence-electron chi connectivity index (χ3n) is 3.93. The topological polar surface area (TPSA) is 75.2 Å². The molecule has 0 saturated heterocycles. The van der Waals surface area contributed by atoms with E-state index in [0.29, 0.717) is 22.8 Å². The van der Waals surface area contributed by atoms with Crippen molar-refractivity contribution >= 4 is 16.7 Å². The number of hydrogen-bond acceptors (Lipinski definition) is 5. The Kier molecular flexibility index (Phi) is 5.01. The van der Waals surface area contributed by atoms with Gasteiger partial charge in [0.25, 0.3) is 5.91 Å². The SMILES string of the molecule is CCS(=O)c1ccc(CNC(=O)c2cnc3c(c2)CN(C)C3)nc1. The third kappa shape index (κ3) is 3.68. The normalized spacial score (nSPS) is 15.1. The molecule has 0 saturated carbocycles. The van der Waals surface area contributed by atoms with Crippen LogP contribution in [-0.4, -0.2) is 37.8 Å². The zero-order chi connectivity index (χ0) is 17.1. The lowest BCUT2D eigenvalue weighted by Gasteiger charge is -2.07. The summed E-state index contributed by atoms with van der Waals surface area (Å²) < 4.78 is 11.7. The van der Waals surface area contributed by atoms with Gasteiger partial charge in [-0.3, -0.25) is 23.9 Å². The van der Waals surface area contributed by atoms with Crippen LogP contribution in [0.15, 0.2) is 35.5 Å².